The fourth-order valence-corrected chi connectivity index (χ4v) is 2.89. The van der Waals surface area contributed by atoms with Gasteiger partial charge < -0.3 is 14.3 Å². The normalized spacial score (nSPS) is 12.1. The molecule has 2 N–H and O–H groups in total. The van der Waals surface area contributed by atoms with Gasteiger partial charge in [0.15, 0.2) is 11.6 Å². The van der Waals surface area contributed by atoms with E-state index in [1.807, 2.05) is 0 Å². The molecule has 6 nitrogen and oxygen atoms in total. The van der Waals surface area contributed by atoms with Crippen molar-refractivity contribution in [1.29, 1.82) is 0 Å². The predicted octanol–water partition coefficient (Wildman–Crippen LogP) is 3.00. The molecule has 142 valence electrons. The highest BCUT2D eigenvalue weighted by molar-refractivity contribution is 5.71. The number of methoxy groups -OCH3 is 1. The number of halogens is 3. The van der Waals surface area contributed by atoms with Crippen LogP contribution in [0, 0.1) is 17.5 Å². The van der Waals surface area contributed by atoms with E-state index >= 15 is 0 Å². The molecule has 3 rings (SSSR count). The van der Waals surface area contributed by atoms with Gasteiger partial charge in [-0.05, 0) is 23.8 Å². The van der Waals surface area contributed by atoms with Crippen LogP contribution in [0.2, 0.25) is 0 Å². The topological polar surface area (TPSA) is 88.1 Å². The number of aromatic nitrogens is 2. The Morgan fingerprint density at radius 3 is 2.59 bits per heavy atom. The van der Waals surface area contributed by atoms with Gasteiger partial charge in [0.05, 0.1) is 31.3 Å². The van der Waals surface area contributed by atoms with Crippen molar-refractivity contribution in [1.82, 2.24) is 10.2 Å². The average Bonchev–Trinajstić information content (AvgIpc) is 3.28. The van der Waals surface area contributed by atoms with Crippen molar-refractivity contribution in [3.63, 3.8) is 0 Å². The smallest absolute Gasteiger partial charge is 0.306 e. The van der Waals surface area contributed by atoms with Gasteiger partial charge in [-0.3, -0.25) is 14.7 Å². The van der Waals surface area contributed by atoms with E-state index in [-0.39, 0.29) is 29.7 Å². The molecular weight excluding hydrogens is 365 g/mol. The Labute approximate surface area is 150 Å². The maximum atomic E-state index is 14.0. The zero-order valence-corrected chi connectivity index (χ0v) is 14.1. The highest BCUT2D eigenvalue weighted by atomic mass is 19.2. The lowest BCUT2D eigenvalue weighted by Gasteiger charge is -2.13. The van der Waals surface area contributed by atoms with Crippen molar-refractivity contribution < 1.29 is 27.1 Å². The monoisotopic (exact) mass is 380 g/mol. The molecule has 1 aromatic carbocycles. The van der Waals surface area contributed by atoms with Crippen LogP contribution >= 0.6 is 0 Å². The molecule has 3 aromatic rings. The number of aromatic amines is 2. The fourth-order valence-electron chi connectivity index (χ4n) is 2.89. The molecule has 0 aliphatic carbocycles. The Balaban J connectivity index is 2.03. The maximum Gasteiger partial charge on any atom is 0.306 e. The van der Waals surface area contributed by atoms with Gasteiger partial charge in [0.2, 0.25) is 0 Å². The molecule has 0 aliphatic rings. The highest BCUT2D eigenvalue weighted by Crippen LogP contribution is 2.30. The van der Waals surface area contributed by atoms with E-state index in [4.69, 9.17) is 4.42 Å². The van der Waals surface area contributed by atoms with Crippen LogP contribution in [0.4, 0.5) is 13.2 Å². The summed E-state index contributed by atoms with van der Waals surface area (Å²) in [4.78, 5) is 24.1. The summed E-state index contributed by atoms with van der Waals surface area (Å²) < 4.78 is 50.6. The first-order valence-electron chi connectivity index (χ1n) is 7.93. The Morgan fingerprint density at radius 1 is 1.19 bits per heavy atom. The SMILES string of the molecule is COC(=O)C[C@@H](c1ccco1)c1c(Cc2cc(F)c(F)cc2F)[nH][nH]c1=O. The second kappa shape index (κ2) is 7.56. The van der Waals surface area contributed by atoms with Gasteiger partial charge in [0.25, 0.3) is 5.56 Å². The van der Waals surface area contributed by atoms with Gasteiger partial charge in [0, 0.05) is 18.2 Å². The van der Waals surface area contributed by atoms with E-state index in [9.17, 15) is 22.8 Å². The molecule has 0 fully saturated rings. The quantitative estimate of drug-likeness (QED) is 0.508. The number of rotatable bonds is 6. The molecule has 0 radical (unpaired) electrons. The first kappa shape index (κ1) is 18.6. The van der Waals surface area contributed by atoms with Crippen LogP contribution in [0.25, 0.3) is 0 Å². The summed E-state index contributed by atoms with van der Waals surface area (Å²) in [6.45, 7) is 0. The average molecular weight is 380 g/mol. The van der Waals surface area contributed by atoms with E-state index in [0.717, 1.165) is 6.07 Å². The minimum atomic E-state index is -1.31. The van der Waals surface area contributed by atoms with E-state index in [1.54, 1.807) is 12.1 Å². The van der Waals surface area contributed by atoms with E-state index < -0.39 is 34.9 Å². The summed E-state index contributed by atoms with van der Waals surface area (Å²) in [5.41, 5.74) is -0.352. The van der Waals surface area contributed by atoms with E-state index in [0.29, 0.717) is 11.8 Å². The fraction of sp³-hybridized carbons (Fsp3) is 0.222. The Kier molecular flexibility index (Phi) is 5.20. The lowest BCUT2D eigenvalue weighted by atomic mass is 9.91. The number of hydrogen-bond donors (Lipinski definition) is 2. The van der Waals surface area contributed by atoms with E-state index in [1.165, 1.54) is 13.4 Å². The molecule has 2 aromatic heterocycles. The molecule has 27 heavy (non-hydrogen) atoms. The summed E-state index contributed by atoms with van der Waals surface area (Å²) in [5, 5.41) is 4.98. The number of furan rings is 1. The Hall–Kier alpha value is -3.23. The number of nitrogens with one attached hydrogen (secondary N) is 2. The van der Waals surface area contributed by atoms with Gasteiger partial charge in [-0.2, -0.15) is 0 Å². The second-order valence-electron chi connectivity index (χ2n) is 5.85. The molecule has 0 aliphatic heterocycles. The number of ether oxygens (including phenoxy) is 1. The maximum absolute atomic E-state index is 14.0. The van der Waals surface area contributed by atoms with Crippen molar-refractivity contribution >= 4 is 5.97 Å². The van der Waals surface area contributed by atoms with Crippen molar-refractivity contribution in [2.75, 3.05) is 7.11 Å². The molecular formula is C18H15F3N2O4. The number of hydrogen-bond acceptors (Lipinski definition) is 4. The molecule has 2 heterocycles. The van der Waals surface area contributed by atoms with Crippen LogP contribution in [-0.2, 0) is 16.0 Å². The zero-order chi connectivity index (χ0) is 19.6. The van der Waals surface area contributed by atoms with Crippen LogP contribution in [0.15, 0.2) is 39.7 Å². The van der Waals surface area contributed by atoms with E-state index in [2.05, 4.69) is 14.9 Å². The van der Waals surface area contributed by atoms with Crippen molar-refractivity contribution in [2.24, 2.45) is 0 Å². The number of H-pyrrole nitrogens is 2. The molecule has 0 unspecified atom stereocenters. The van der Waals surface area contributed by atoms with Crippen LogP contribution < -0.4 is 5.56 Å². The lowest BCUT2D eigenvalue weighted by molar-refractivity contribution is -0.140. The number of esters is 1. The third kappa shape index (κ3) is 3.81. The molecule has 1 atom stereocenters. The minimum absolute atomic E-state index is 0.125. The summed E-state index contributed by atoms with van der Waals surface area (Å²) in [6.07, 6.45) is 0.961. The van der Waals surface area contributed by atoms with Crippen LogP contribution in [-0.4, -0.2) is 23.3 Å². The van der Waals surface area contributed by atoms with Gasteiger partial charge >= 0.3 is 5.97 Å². The number of benzene rings is 1. The third-order valence-corrected chi connectivity index (χ3v) is 4.19. The summed E-state index contributed by atoms with van der Waals surface area (Å²) in [6, 6.07) is 4.34. The molecule has 9 heteroatoms. The van der Waals surface area contributed by atoms with Gasteiger partial charge in [-0.1, -0.05) is 0 Å². The molecule has 0 saturated carbocycles. The molecule has 0 spiro atoms. The van der Waals surface area contributed by atoms with Crippen molar-refractivity contribution in [3.8, 4) is 0 Å². The first-order chi connectivity index (χ1) is 12.9. The molecule has 0 saturated heterocycles. The standard InChI is InChI=1S/C18H15F3N2O4/c1-26-16(24)7-10(15-3-2-4-27-15)17-14(22-23-18(17)25)6-9-5-12(20)13(21)8-11(9)19/h2-5,8,10H,6-7H2,1H3,(H2,22,23,25)/t10-/m0/s1. The number of carbonyl (C=O) groups is 1. The van der Waals surface area contributed by atoms with Crippen LogP contribution in [0.5, 0.6) is 0 Å². The van der Waals surface area contributed by atoms with Crippen molar-refractivity contribution in [3.05, 3.63) is 80.9 Å². The second-order valence-corrected chi connectivity index (χ2v) is 5.85. The number of carbonyl (C=O) groups excluding carboxylic acids is 1. The van der Waals surface area contributed by atoms with Crippen LogP contribution in [0.1, 0.15) is 34.9 Å². The highest BCUT2D eigenvalue weighted by Gasteiger charge is 2.28. The van der Waals surface area contributed by atoms with Gasteiger partial charge in [-0.15, -0.1) is 0 Å². The summed E-state index contributed by atoms with van der Waals surface area (Å²) in [5.74, 6) is -4.52. The Morgan fingerprint density at radius 2 is 1.93 bits per heavy atom. The molecule has 0 amide bonds. The summed E-state index contributed by atoms with van der Waals surface area (Å²) >= 11 is 0. The van der Waals surface area contributed by atoms with Gasteiger partial charge in [-0.25, -0.2) is 13.2 Å². The largest absolute Gasteiger partial charge is 0.469 e. The molecule has 0 bridgehead atoms. The lowest BCUT2D eigenvalue weighted by Crippen LogP contribution is -2.17. The summed E-state index contributed by atoms with van der Waals surface area (Å²) in [7, 11) is 1.21. The van der Waals surface area contributed by atoms with Crippen molar-refractivity contribution in [2.45, 2.75) is 18.8 Å². The Bertz CT molecular complexity index is 1010. The zero-order valence-electron chi connectivity index (χ0n) is 14.1. The predicted molar refractivity (Wildman–Crippen MR) is 87.7 cm³/mol. The third-order valence-electron chi connectivity index (χ3n) is 4.19. The van der Waals surface area contributed by atoms with Crippen LogP contribution in [0.3, 0.4) is 0 Å². The first-order valence-corrected chi connectivity index (χ1v) is 7.93. The minimum Gasteiger partial charge on any atom is -0.469 e. The van der Waals surface area contributed by atoms with Gasteiger partial charge in [0.1, 0.15) is 11.6 Å².